The summed E-state index contributed by atoms with van der Waals surface area (Å²) < 4.78 is 2.62. The van der Waals surface area contributed by atoms with Crippen molar-refractivity contribution in [2.75, 3.05) is 14.7 Å². The molecule has 324 valence electrons. The van der Waals surface area contributed by atoms with Crippen LogP contribution in [-0.4, -0.2) is 0 Å². The van der Waals surface area contributed by atoms with Crippen LogP contribution < -0.4 is 14.7 Å². The molecule has 0 aliphatic heterocycles. The van der Waals surface area contributed by atoms with Crippen molar-refractivity contribution < 1.29 is 0 Å². The molecule has 0 spiro atoms. The molecule has 0 aliphatic carbocycles. The van der Waals surface area contributed by atoms with Gasteiger partial charge in [-0.1, -0.05) is 158 Å². The number of aryl methyl sites for hydroxylation is 2. The molecule has 0 fully saturated rings. The highest BCUT2D eigenvalue weighted by Gasteiger charge is 2.24. The van der Waals surface area contributed by atoms with E-state index in [1.54, 1.807) is 0 Å². The second-order valence-corrected chi connectivity index (χ2v) is 18.6. The van der Waals surface area contributed by atoms with E-state index >= 15 is 0 Å². The second-order valence-electron chi connectivity index (χ2n) is 17.6. The van der Waals surface area contributed by atoms with Crippen LogP contribution in [-0.2, 0) is 0 Å². The zero-order valence-corrected chi connectivity index (χ0v) is 38.7. The first-order valence-electron chi connectivity index (χ1n) is 23.2. The van der Waals surface area contributed by atoms with Gasteiger partial charge in [-0.25, -0.2) is 0 Å². The monoisotopic (exact) mass is 889 g/mol. The van der Waals surface area contributed by atoms with Gasteiger partial charge in [-0.15, -0.1) is 11.3 Å². The van der Waals surface area contributed by atoms with Crippen molar-refractivity contribution in [2.45, 2.75) is 13.8 Å². The summed E-state index contributed by atoms with van der Waals surface area (Å²) in [5.74, 6) is 0. The number of benzene rings is 11. The van der Waals surface area contributed by atoms with E-state index in [0.29, 0.717) is 0 Å². The molecule has 0 saturated heterocycles. The standard InChI is InChI=1S/C64H47N3S/c1-44-18-15-25-51(38-44)65(48-21-5-3-6-22-48)53-41-54(66(49-23-7-4-8-24-49)52-26-16-19-45(2)39-52)43-55(42-53)67(62-40-47-20-9-10-27-56(47)58-28-11-12-29-59(58)62)50-36-34-46(35-37-50)57-31-17-32-61-60-30-13-14-33-63(60)68-64(57)61/h3-43H,1-2H3. The van der Waals surface area contributed by atoms with Gasteiger partial charge < -0.3 is 14.7 Å². The minimum atomic E-state index is 1.03. The predicted octanol–water partition coefficient (Wildman–Crippen LogP) is 19.1. The third kappa shape index (κ3) is 7.51. The Morgan fingerprint density at radius 2 is 0.765 bits per heavy atom. The minimum absolute atomic E-state index is 1.03. The van der Waals surface area contributed by atoms with Crippen LogP contribution in [0.15, 0.2) is 249 Å². The lowest BCUT2D eigenvalue weighted by Crippen LogP contribution is -2.16. The molecule has 68 heavy (non-hydrogen) atoms. The van der Waals surface area contributed by atoms with Crippen molar-refractivity contribution in [2.24, 2.45) is 0 Å². The maximum Gasteiger partial charge on any atom is 0.0546 e. The van der Waals surface area contributed by atoms with Crippen molar-refractivity contribution in [1.82, 2.24) is 0 Å². The lowest BCUT2D eigenvalue weighted by atomic mass is 9.98. The third-order valence-electron chi connectivity index (χ3n) is 13.0. The van der Waals surface area contributed by atoms with Crippen LogP contribution in [0.5, 0.6) is 0 Å². The van der Waals surface area contributed by atoms with Crippen LogP contribution in [0.3, 0.4) is 0 Å². The fourth-order valence-corrected chi connectivity index (χ4v) is 11.2. The van der Waals surface area contributed by atoms with E-state index in [1.165, 1.54) is 64.0 Å². The average Bonchev–Trinajstić information content (AvgIpc) is 3.77. The lowest BCUT2D eigenvalue weighted by Gasteiger charge is -2.33. The molecular weight excluding hydrogens is 843 g/mol. The van der Waals surface area contributed by atoms with Crippen LogP contribution in [0.4, 0.5) is 51.2 Å². The van der Waals surface area contributed by atoms with E-state index in [4.69, 9.17) is 0 Å². The van der Waals surface area contributed by atoms with Crippen LogP contribution in [0.2, 0.25) is 0 Å². The molecule has 1 heterocycles. The van der Waals surface area contributed by atoms with Crippen molar-refractivity contribution >= 4 is 104 Å². The number of anilines is 9. The molecule has 1 aromatic heterocycles. The average molecular weight is 890 g/mol. The molecule has 0 N–H and O–H groups in total. The highest BCUT2D eigenvalue weighted by Crippen LogP contribution is 2.49. The highest BCUT2D eigenvalue weighted by molar-refractivity contribution is 7.26. The Balaban J connectivity index is 1.15. The van der Waals surface area contributed by atoms with Crippen molar-refractivity contribution in [1.29, 1.82) is 0 Å². The fourth-order valence-electron chi connectivity index (χ4n) is 9.96. The zero-order valence-electron chi connectivity index (χ0n) is 37.9. The number of para-hydroxylation sites is 2. The summed E-state index contributed by atoms with van der Waals surface area (Å²) in [6.45, 7) is 4.34. The second kappa shape index (κ2) is 17.4. The van der Waals surface area contributed by atoms with Gasteiger partial charge in [-0.3, -0.25) is 0 Å². The largest absolute Gasteiger partial charge is 0.310 e. The van der Waals surface area contributed by atoms with Gasteiger partial charge in [-0.05, 0) is 143 Å². The first kappa shape index (κ1) is 41.0. The molecular formula is C64H47N3S. The van der Waals surface area contributed by atoms with E-state index in [2.05, 4.69) is 277 Å². The summed E-state index contributed by atoms with van der Waals surface area (Å²) in [7, 11) is 0. The summed E-state index contributed by atoms with van der Waals surface area (Å²) >= 11 is 1.87. The van der Waals surface area contributed by atoms with Crippen molar-refractivity contribution in [3.05, 3.63) is 260 Å². The van der Waals surface area contributed by atoms with E-state index in [9.17, 15) is 0 Å². The summed E-state index contributed by atoms with van der Waals surface area (Å²) in [5, 5.41) is 7.42. The number of thiophene rings is 1. The van der Waals surface area contributed by atoms with Gasteiger partial charge in [0.05, 0.1) is 22.7 Å². The summed E-state index contributed by atoms with van der Waals surface area (Å²) in [6.07, 6.45) is 0. The number of hydrogen-bond acceptors (Lipinski definition) is 4. The van der Waals surface area contributed by atoms with Gasteiger partial charge in [0, 0.05) is 54.0 Å². The minimum Gasteiger partial charge on any atom is -0.310 e. The zero-order chi connectivity index (χ0) is 45.6. The number of nitrogens with zero attached hydrogens (tertiary/aromatic N) is 3. The van der Waals surface area contributed by atoms with Gasteiger partial charge in [0.15, 0.2) is 0 Å². The summed E-state index contributed by atoms with van der Waals surface area (Å²) in [6, 6.07) is 90.9. The molecule has 0 radical (unpaired) electrons. The molecule has 12 rings (SSSR count). The Morgan fingerprint density at radius 3 is 1.38 bits per heavy atom. The fraction of sp³-hybridized carbons (Fsp3) is 0.0312. The van der Waals surface area contributed by atoms with E-state index in [1.807, 2.05) is 11.3 Å². The Hall–Kier alpha value is -8.44. The van der Waals surface area contributed by atoms with E-state index in [-0.39, 0.29) is 0 Å². The highest BCUT2D eigenvalue weighted by atomic mass is 32.1. The van der Waals surface area contributed by atoms with Gasteiger partial charge in [0.2, 0.25) is 0 Å². The van der Waals surface area contributed by atoms with Crippen LogP contribution in [0.1, 0.15) is 11.1 Å². The first-order chi connectivity index (χ1) is 33.5. The molecule has 0 atom stereocenters. The maximum absolute atomic E-state index is 2.48. The SMILES string of the molecule is Cc1cccc(N(c2ccccc2)c2cc(N(c3ccccc3)c3cccc(C)c3)cc(N(c3ccc(-c4cccc5c4sc4ccccc45)cc3)c3cc4ccccc4c4ccccc34)c2)c1. The maximum atomic E-state index is 2.48. The molecule has 4 heteroatoms. The number of rotatable bonds is 10. The van der Waals surface area contributed by atoms with Gasteiger partial charge in [-0.2, -0.15) is 0 Å². The molecule has 3 nitrogen and oxygen atoms in total. The van der Waals surface area contributed by atoms with Gasteiger partial charge in [0.25, 0.3) is 0 Å². The third-order valence-corrected chi connectivity index (χ3v) is 14.3. The number of hydrogen-bond donors (Lipinski definition) is 0. The molecule has 0 amide bonds. The quantitative estimate of drug-likeness (QED) is 0.127. The van der Waals surface area contributed by atoms with Gasteiger partial charge in [0.1, 0.15) is 0 Å². The molecule has 0 unspecified atom stereocenters. The molecule has 12 aromatic rings. The summed E-state index contributed by atoms with van der Waals surface area (Å²) in [5.41, 5.74) is 14.4. The Labute approximate surface area is 401 Å². The molecule has 0 aliphatic rings. The number of fused-ring (bicyclic) bond motifs is 6. The Kier molecular flexibility index (Phi) is 10.5. The molecule has 0 bridgehead atoms. The Morgan fingerprint density at radius 1 is 0.294 bits per heavy atom. The van der Waals surface area contributed by atoms with Crippen molar-refractivity contribution in [3.63, 3.8) is 0 Å². The lowest BCUT2D eigenvalue weighted by molar-refractivity contribution is 1.22. The predicted molar refractivity (Wildman–Crippen MR) is 293 cm³/mol. The van der Waals surface area contributed by atoms with Gasteiger partial charge >= 0.3 is 0 Å². The normalized spacial score (nSPS) is 11.4. The topological polar surface area (TPSA) is 9.72 Å². The Bertz CT molecular complexity index is 3680. The summed E-state index contributed by atoms with van der Waals surface area (Å²) in [4.78, 5) is 7.26. The van der Waals surface area contributed by atoms with E-state index < -0.39 is 0 Å². The first-order valence-corrected chi connectivity index (χ1v) is 24.1. The molecule has 11 aromatic carbocycles. The van der Waals surface area contributed by atoms with Crippen LogP contribution in [0, 0.1) is 13.8 Å². The van der Waals surface area contributed by atoms with Crippen molar-refractivity contribution in [3.8, 4) is 11.1 Å². The van der Waals surface area contributed by atoms with E-state index in [0.717, 1.165) is 51.2 Å². The smallest absolute Gasteiger partial charge is 0.0546 e. The van der Waals surface area contributed by atoms with Crippen LogP contribution in [0.25, 0.3) is 52.8 Å². The molecule has 0 saturated carbocycles. The van der Waals surface area contributed by atoms with Crippen LogP contribution >= 0.6 is 11.3 Å².